The van der Waals surface area contributed by atoms with E-state index in [1.807, 2.05) is 24.3 Å². The molecule has 47 heavy (non-hydrogen) atoms. The Kier molecular flexibility index (Phi) is 22.6. The maximum absolute atomic E-state index is 12.7. The zero-order chi connectivity index (χ0) is 34.0. The molecule has 0 aromatic heterocycles. The lowest BCUT2D eigenvalue weighted by atomic mass is 10.0. The third-order valence-corrected chi connectivity index (χ3v) is 9.01. The second-order valence-electron chi connectivity index (χ2n) is 13.4. The van der Waals surface area contributed by atoms with Crippen LogP contribution in [0.15, 0.2) is 48.5 Å². The van der Waals surface area contributed by atoms with Crippen molar-refractivity contribution >= 4 is 23.2 Å². The lowest BCUT2D eigenvalue weighted by molar-refractivity contribution is -0.117. The summed E-state index contributed by atoms with van der Waals surface area (Å²) >= 11 is 0. The second-order valence-corrected chi connectivity index (χ2v) is 13.4. The van der Waals surface area contributed by atoms with Gasteiger partial charge in [-0.3, -0.25) is 9.59 Å². The number of nitrogens with zero attached hydrogens (tertiary/aromatic N) is 2. The van der Waals surface area contributed by atoms with Gasteiger partial charge in [0.05, 0.1) is 0 Å². The summed E-state index contributed by atoms with van der Waals surface area (Å²) in [7, 11) is 0. The number of anilines is 2. The predicted molar refractivity (Wildman–Crippen MR) is 202 cm³/mol. The van der Waals surface area contributed by atoms with Crippen molar-refractivity contribution < 1.29 is 9.59 Å². The van der Waals surface area contributed by atoms with Crippen LogP contribution in [-0.2, 0) is 16.0 Å². The molecule has 0 aliphatic carbocycles. The van der Waals surface area contributed by atoms with Gasteiger partial charge >= 0.3 is 0 Å². The van der Waals surface area contributed by atoms with Crippen molar-refractivity contribution in [2.24, 2.45) is 0 Å². The first-order chi connectivity index (χ1) is 23.0. The summed E-state index contributed by atoms with van der Waals surface area (Å²) in [4.78, 5) is 30.4. The Morgan fingerprint density at radius 3 is 1.11 bits per heavy atom. The first-order valence-corrected chi connectivity index (χ1v) is 19.2. The van der Waals surface area contributed by atoms with E-state index in [9.17, 15) is 9.59 Å². The molecule has 0 atom stereocenters. The van der Waals surface area contributed by atoms with Gasteiger partial charge in [0, 0.05) is 37.3 Å². The molecule has 6 nitrogen and oxygen atoms in total. The molecule has 0 aliphatic heterocycles. The van der Waals surface area contributed by atoms with Gasteiger partial charge in [-0.25, -0.2) is 0 Å². The number of carbonyl (C=O) groups excluding carboxylic acids is 2. The van der Waals surface area contributed by atoms with Crippen LogP contribution >= 0.6 is 0 Å². The first-order valence-electron chi connectivity index (χ1n) is 19.2. The molecule has 2 aromatic carbocycles. The maximum Gasteiger partial charge on any atom is 0.225 e. The highest BCUT2D eigenvalue weighted by Gasteiger charge is 2.11. The summed E-state index contributed by atoms with van der Waals surface area (Å²) in [6.07, 6.45) is 19.3. The Hall–Kier alpha value is -2.70. The summed E-state index contributed by atoms with van der Waals surface area (Å²) in [5.74, 6) is 0.168. The van der Waals surface area contributed by atoms with Crippen molar-refractivity contribution in [2.45, 2.75) is 137 Å². The van der Waals surface area contributed by atoms with E-state index in [0.29, 0.717) is 12.8 Å². The normalized spacial score (nSPS) is 11.4. The number of unbranched alkanes of at least 4 members (excludes halogenated alkanes) is 10. The minimum absolute atomic E-state index is 0.0839. The van der Waals surface area contributed by atoms with Gasteiger partial charge in [0.15, 0.2) is 0 Å². The van der Waals surface area contributed by atoms with E-state index in [-0.39, 0.29) is 11.8 Å². The third-order valence-electron chi connectivity index (χ3n) is 9.01. The van der Waals surface area contributed by atoms with Crippen molar-refractivity contribution in [1.82, 2.24) is 9.80 Å². The van der Waals surface area contributed by atoms with Gasteiger partial charge in [0.2, 0.25) is 11.8 Å². The number of amides is 2. The molecule has 2 rings (SSSR count). The third kappa shape index (κ3) is 19.7. The van der Waals surface area contributed by atoms with Crippen LogP contribution in [0.1, 0.15) is 142 Å². The van der Waals surface area contributed by atoms with Crippen LogP contribution in [0.2, 0.25) is 0 Å². The highest BCUT2D eigenvalue weighted by Crippen LogP contribution is 2.17. The lowest BCUT2D eigenvalue weighted by Crippen LogP contribution is -2.30. The van der Waals surface area contributed by atoms with Crippen LogP contribution in [-0.4, -0.2) is 60.9 Å². The van der Waals surface area contributed by atoms with Gasteiger partial charge in [0.1, 0.15) is 0 Å². The molecule has 0 bridgehead atoms. The van der Waals surface area contributed by atoms with E-state index in [1.165, 1.54) is 101 Å². The first kappa shape index (κ1) is 40.5. The molecule has 2 N–H and O–H groups in total. The Labute approximate surface area is 288 Å². The zero-order valence-corrected chi connectivity index (χ0v) is 30.6. The number of rotatable bonds is 28. The Bertz CT molecular complexity index is 984. The highest BCUT2D eigenvalue weighted by molar-refractivity contribution is 5.91. The van der Waals surface area contributed by atoms with Crippen molar-refractivity contribution in [1.29, 1.82) is 0 Å². The van der Waals surface area contributed by atoms with E-state index in [1.54, 1.807) is 0 Å². The quantitative estimate of drug-likeness (QED) is 0.0902. The van der Waals surface area contributed by atoms with Crippen LogP contribution in [0.25, 0.3) is 0 Å². The monoisotopic (exact) mass is 649 g/mol. The molecule has 0 spiro atoms. The van der Waals surface area contributed by atoms with Crippen molar-refractivity contribution in [3.63, 3.8) is 0 Å². The standard InChI is InChI=1S/C41H68N4O2/c1-5-9-13-17-31-44(29-15-11-7-3)33-27-40(46)42-38-23-19-36(20-24-38)35-37-21-25-39(26-22-37)43-41(47)28-34-45(30-16-12-8-4)32-18-14-10-6-2/h19-26H,5-18,27-35H2,1-4H3,(H,42,46)(H,43,47). The second kappa shape index (κ2) is 26.3. The molecule has 264 valence electrons. The van der Waals surface area contributed by atoms with Gasteiger partial charge in [-0.05, 0) is 93.7 Å². The van der Waals surface area contributed by atoms with E-state index < -0.39 is 0 Å². The van der Waals surface area contributed by atoms with E-state index >= 15 is 0 Å². The van der Waals surface area contributed by atoms with Gasteiger partial charge in [-0.15, -0.1) is 0 Å². The molecular formula is C41H68N4O2. The Balaban J connectivity index is 1.77. The van der Waals surface area contributed by atoms with Gasteiger partial charge < -0.3 is 20.4 Å². The van der Waals surface area contributed by atoms with Crippen molar-refractivity contribution in [3.8, 4) is 0 Å². The fourth-order valence-corrected chi connectivity index (χ4v) is 5.98. The van der Waals surface area contributed by atoms with Gasteiger partial charge in [0.25, 0.3) is 0 Å². The Morgan fingerprint density at radius 1 is 0.447 bits per heavy atom. The topological polar surface area (TPSA) is 64.7 Å². The summed E-state index contributed by atoms with van der Waals surface area (Å²) in [6.45, 7) is 15.0. The largest absolute Gasteiger partial charge is 0.326 e. The van der Waals surface area contributed by atoms with Gasteiger partial charge in [-0.1, -0.05) is 116 Å². The minimum Gasteiger partial charge on any atom is -0.326 e. The van der Waals surface area contributed by atoms with E-state index in [4.69, 9.17) is 0 Å². The van der Waals surface area contributed by atoms with Crippen LogP contribution in [0, 0.1) is 0 Å². The SMILES string of the molecule is CCCCCCN(CCCCC)CCC(=O)Nc1ccc(Cc2ccc(NC(=O)CCN(CCCCC)CCCCCC)cc2)cc1. The fourth-order valence-electron chi connectivity index (χ4n) is 5.98. The van der Waals surface area contributed by atoms with Crippen molar-refractivity contribution in [3.05, 3.63) is 59.7 Å². The van der Waals surface area contributed by atoms with Crippen LogP contribution in [0.4, 0.5) is 11.4 Å². The maximum atomic E-state index is 12.7. The average Bonchev–Trinajstić information content (AvgIpc) is 3.07. The molecule has 2 amide bonds. The van der Waals surface area contributed by atoms with Crippen LogP contribution in [0.3, 0.4) is 0 Å². The highest BCUT2D eigenvalue weighted by atomic mass is 16.2. The van der Waals surface area contributed by atoms with E-state index in [2.05, 4.69) is 72.4 Å². The molecule has 0 radical (unpaired) electrons. The minimum atomic E-state index is 0.0839. The number of hydrogen-bond acceptors (Lipinski definition) is 4. The number of benzene rings is 2. The number of carbonyl (C=O) groups is 2. The van der Waals surface area contributed by atoms with Crippen LogP contribution in [0.5, 0.6) is 0 Å². The summed E-state index contributed by atoms with van der Waals surface area (Å²) in [6, 6.07) is 16.4. The Morgan fingerprint density at radius 2 is 0.766 bits per heavy atom. The molecule has 2 aromatic rings. The molecule has 0 saturated heterocycles. The predicted octanol–water partition coefficient (Wildman–Crippen LogP) is 10.1. The fraction of sp³-hybridized carbons (Fsp3) is 0.659. The molecule has 0 aliphatic rings. The zero-order valence-electron chi connectivity index (χ0n) is 30.6. The average molecular weight is 649 g/mol. The summed E-state index contributed by atoms with van der Waals surface area (Å²) in [5, 5.41) is 6.19. The van der Waals surface area contributed by atoms with Gasteiger partial charge in [-0.2, -0.15) is 0 Å². The number of hydrogen-bond donors (Lipinski definition) is 2. The smallest absolute Gasteiger partial charge is 0.225 e. The molecule has 0 saturated carbocycles. The summed E-state index contributed by atoms with van der Waals surface area (Å²) in [5.41, 5.74) is 4.08. The summed E-state index contributed by atoms with van der Waals surface area (Å²) < 4.78 is 0. The lowest BCUT2D eigenvalue weighted by Gasteiger charge is -2.22. The molecule has 0 fully saturated rings. The molecule has 0 heterocycles. The molecule has 0 unspecified atom stereocenters. The van der Waals surface area contributed by atoms with E-state index in [0.717, 1.165) is 57.1 Å². The molecular weight excluding hydrogens is 580 g/mol. The van der Waals surface area contributed by atoms with Crippen LogP contribution < -0.4 is 10.6 Å². The number of nitrogens with one attached hydrogen (secondary N) is 2. The van der Waals surface area contributed by atoms with Crippen molar-refractivity contribution in [2.75, 3.05) is 49.9 Å². The molecule has 6 heteroatoms.